The Morgan fingerprint density at radius 2 is 1.95 bits per heavy atom. The number of carbonyl (C=O) groups excluding carboxylic acids is 1. The molecule has 1 aromatic heterocycles. The van der Waals surface area contributed by atoms with Crippen molar-refractivity contribution in [2.45, 2.75) is 0 Å². The Labute approximate surface area is 115 Å². The van der Waals surface area contributed by atoms with Crippen LogP contribution in [0.25, 0.3) is 22.2 Å². The monoisotopic (exact) mass is 269 g/mol. The molecule has 0 atom stereocenters. The minimum atomic E-state index is -0.394. The van der Waals surface area contributed by atoms with E-state index in [0.29, 0.717) is 16.8 Å². The Morgan fingerprint density at radius 1 is 1.15 bits per heavy atom. The van der Waals surface area contributed by atoms with Crippen molar-refractivity contribution < 1.29 is 13.9 Å². The molecular formula is C16H12FNO2. The fourth-order valence-electron chi connectivity index (χ4n) is 2.20. The van der Waals surface area contributed by atoms with Gasteiger partial charge in [0, 0.05) is 22.2 Å². The first-order chi connectivity index (χ1) is 9.69. The van der Waals surface area contributed by atoms with Gasteiger partial charge in [-0.05, 0) is 30.3 Å². The van der Waals surface area contributed by atoms with E-state index in [4.69, 9.17) is 0 Å². The largest absolute Gasteiger partial charge is 0.465 e. The molecule has 0 amide bonds. The fourth-order valence-corrected chi connectivity index (χ4v) is 2.20. The standard InChI is InChI=1S/C16H12FNO2/c1-20-16(19)11-7-6-10-8-15(18-14(10)9-11)12-4-2-3-5-13(12)17/h2-9,18H,1H3. The molecule has 0 aliphatic carbocycles. The molecule has 3 aromatic rings. The van der Waals surface area contributed by atoms with Gasteiger partial charge in [-0.25, -0.2) is 9.18 Å². The molecule has 100 valence electrons. The number of carbonyl (C=O) groups is 1. The van der Waals surface area contributed by atoms with Gasteiger partial charge < -0.3 is 9.72 Å². The van der Waals surface area contributed by atoms with Crippen molar-refractivity contribution in [3.63, 3.8) is 0 Å². The Morgan fingerprint density at radius 3 is 2.70 bits per heavy atom. The zero-order valence-corrected chi connectivity index (χ0v) is 10.8. The molecular weight excluding hydrogens is 257 g/mol. The molecule has 4 heteroatoms. The summed E-state index contributed by atoms with van der Waals surface area (Å²) in [6, 6.07) is 13.6. The van der Waals surface area contributed by atoms with Crippen LogP contribution in [0.1, 0.15) is 10.4 Å². The minimum Gasteiger partial charge on any atom is -0.465 e. The van der Waals surface area contributed by atoms with E-state index in [-0.39, 0.29) is 5.82 Å². The topological polar surface area (TPSA) is 42.1 Å². The van der Waals surface area contributed by atoms with Crippen LogP contribution >= 0.6 is 0 Å². The molecule has 3 nitrogen and oxygen atoms in total. The lowest BCUT2D eigenvalue weighted by Crippen LogP contribution is -2.00. The predicted molar refractivity (Wildman–Crippen MR) is 75.0 cm³/mol. The molecule has 0 aliphatic heterocycles. The van der Waals surface area contributed by atoms with Gasteiger partial charge in [-0.1, -0.05) is 18.2 Å². The van der Waals surface area contributed by atoms with E-state index in [1.54, 1.807) is 30.3 Å². The number of nitrogens with one attached hydrogen (secondary N) is 1. The summed E-state index contributed by atoms with van der Waals surface area (Å²) in [4.78, 5) is 14.6. The molecule has 2 aromatic carbocycles. The SMILES string of the molecule is COC(=O)c1ccc2cc(-c3ccccc3F)[nH]c2c1. The molecule has 1 N–H and O–H groups in total. The van der Waals surface area contributed by atoms with E-state index in [1.165, 1.54) is 13.2 Å². The summed E-state index contributed by atoms with van der Waals surface area (Å²) in [5.74, 6) is -0.679. The number of H-pyrrole nitrogens is 1. The second-order valence-electron chi connectivity index (χ2n) is 4.46. The Hall–Kier alpha value is -2.62. The predicted octanol–water partition coefficient (Wildman–Crippen LogP) is 3.76. The summed E-state index contributed by atoms with van der Waals surface area (Å²) < 4.78 is 18.5. The van der Waals surface area contributed by atoms with Gasteiger partial charge in [0.25, 0.3) is 0 Å². The Balaban J connectivity index is 2.12. The first-order valence-electron chi connectivity index (χ1n) is 6.15. The van der Waals surface area contributed by atoms with Crippen LogP contribution in [0.15, 0.2) is 48.5 Å². The summed E-state index contributed by atoms with van der Waals surface area (Å²) in [5, 5.41) is 0.913. The molecule has 0 spiro atoms. The third-order valence-electron chi connectivity index (χ3n) is 3.21. The summed E-state index contributed by atoms with van der Waals surface area (Å²) in [6.07, 6.45) is 0. The number of hydrogen-bond acceptors (Lipinski definition) is 2. The number of fused-ring (bicyclic) bond motifs is 1. The lowest BCUT2D eigenvalue weighted by molar-refractivity contribution is 0.0601. The summed E-state index contributed by atoms with van der Waals surface area (Å²) in [6.45, 7) is 0. The van der Waals surface area contributed by atoms with Crippen molar-refractivity contribution in [1.29, 1.82) is 0 Å². The highest BCUT2D eigenvalue weighted by molar-refractivity contribution is 5.95. The van der Waals surface area contributed by atoms with Crippen molar-refractivity contribution in [3.8, 4) is 11.3 Å². The molecule has 20 heavy (non-hydrogen) atoms. The van der Waals surface area contributed by atoms with Crippen LogP contribution in [0.3, 0.4) is 0 Å². The van der Waals surface area contributed by atoms with Crippen LogP contribution in [0.2, 0.25) is 0 Å². The maximum absolute atomic E-state index is 13.8. The smallest absolute Gasteiger partial charge is 0.337 e. The van der Waals surface area contributed by atoms with Crippen LogP contribution < -0.4 is 0 Å². The zero-order chi connectivity index (χ0) is 14.1. The highest BCUT2D eigenvalue weighted by Crippen LogP contribution is 2.26. The minimum absolute atomic E-state index is 0.285. The molecule has 0 saturated carbocycles. The maximum Gasteiger partial charge on any atom is 0.337 e. The van der Waals surface area contributed by atoms with Gasteiger partial charge in [0.2, 0.25) is 0 Å². The summed E-state index contributed by atoms with van der Waals surface area (Å²) >= 11 is 0. The molecule has 0 unspecified atom stereocenters. The van der Waals surface area contributed by atoms with E-state index in [9.17, 15) is 9.18 Å². The third-order valence-corrected chi connectivity index (χ3v) is 3.21. The molecule has 0 radical (unpaired) electrons. The van der Waals surface area contributed by atoms with Crippen molar-refractivity contribution in [2.75, 3.05) is 7.11 Å². The molecule has 0 fully saturated rings. The molecule has 3 rings (SSSR count). The summed E-state index contributed by atoms with van der Waals surface area (Å²) in [7, 11) is 1.34. The Bertz CT molecular complexity index is 792. The fraction of sp³-hybridized carbons (Fsp3) is 0.0625. The maximum atomic E-state index is 13.8. The number of benzene rings is 2. The molecule has 1 heterocycles. The van der Waals surface area contributed by atoms with Gasteiger partial charge in [0.1, 0.15) is 5.82 Å². The average Bonchev–Trinajstić information content (AvgIpc) is 2.89. The number of halogens is 1. The van der Waals surface area contributed by atoms with Crippen molar-refractivity contribution >= 4 is 16.9 Å². The quantitative estimate of drug-likeness (QED) is 0.720. The van der Waals surface area contributed by atoms with E-state index >= 15 is 0 Å². The third kappa shape index (κ3) is 2.05. The van der Waals surface area contributed by atoms with E-state index in [0.717, 1.165) is 10.9 Å². The Kier molecular flexibility index (Phi) is 2.99. The van der Waals surface area contributed by atoms with Gasteiger partial charge in [-0.3, -0.25) is 0 Å². The summed E-state index contributed by atoms with van der Waals surface area (Å²) in [5.41, 5.74) is 2.41. The average molecular weight is 269 g/mol. The van der Waals surface area contributed by atoms with Crippen LogP contribution in [0, 0.1) is 5.82 Å². The lowest BCUT2D eigenvalue weighted by atomic mass is 10.1. The highest BCUT2D eigenvalue weighted by atomic mass is 19.1. The normalized spacial score (nSPS) is 10.7. The van der Waals surface area contributed by atoms with Gasteiger partial charge in [0.15, 0.2) is 0 Å². The van der Waals surface area contributed by atoms with Gasteiger partial charge in [-0.15, -0.1) is 0 Å². The second-order valence-corrected chi connectivity index (χ2v) is 4.46. The van der Waals surface area contributed by atoms with Gasteiger partial charge >= 0.3 is 5.97 Å². The highest BCUT2D eigenvalue weighted by Gasteiger charge is 2.10. The number of hydrogen-bond donors (Lipinski definition) is 1. The van der Waals surface area contributed by atoms with Crippen molar-refractivity contribution in [1.82, 2.24) is 4.98 Å². The van der Waals surface area contributed by atoms with Crippen LogP contribution in [0.4, 0.5) is 4.39 Å². The molecule has 0 saturated heterocycles. The van der Waals surface area contributed by atoms with Gasteiger partial charge in [0.05, 0.1) is 12.7 Å². The zero-order valence-electron chi connectivity index (χ0n) is 10.8. The van der Waals surface area contributed by atoms with Crippen molar-refractivity contribution in [3.05, 3.63) is 59.9 Å². The number of ether oxygens (including phenoxy) is 1. The number of esters is 1. The van der Waals surface area contributed by atoms with Crippen LogP contribution in [0.5, 0.6) is 0 Å². The van der Waals surface area contributed by atoms with Crippen molar-refractivity contribution in [2.24, 2.45) is 0 Å². The molecule has 0 bridgehead atoms. The molecule has 0 aliphatic rings. The van der Waals surface area contributed by atoms with Gasteiger partial charge in [-0.2, -0.15) is 0 Å². The number of methoxy groups -OCH3 is 1. The van der Waals surface area contributed by atoms with E-state index in [2.05, 4.69) is 9.72 Å². The lowest BCUT2D eigenvalue weighted by Gasteiger charge is -1.99. The second kappa shape index (κ2) is 4.81. The first kappa shape index (κ1) is 12.4. The first-order valence-corrected chi connectivity index (χ1v) is 6.15. The van der Waals surface area contributed by atoms with Crippen LogP contribution in [-0.2, 0) is 4.74 Å². The van der Waals surface area contributed by atoms with Crippen LogP contribution in [-0.4, -0.2) is 18.1 Å². The number of aromatic nitrogens is 1. The van der Waals surface area contributed by atoms with E-state index in [1.807, 2.05) is 12.1 Å². The number of aromatic amines is 1. The number of rotatable bonds is 2. The van der Waals surface area contributed by atoms with E-state index < -0.39 is 5.97 Å².